The van der Waals surface area contributed by atoms with Gasteiger partial charge in [-0.3, -0.25) is 9.88 Å². The van der Waals surface area contributed by atoms with Crippen LogP contribution in [0.1, 0.15) is 35.2 Å². The van der Waals surface area contributed by atoms with E-state index in [1.807, 2.05) is 12.4 Å². The van der Waals surface area contributed by atoms with Crippen molar-refractivity contribution in [3.63, 3.8) is 0 Å². The number of nitrogens with one attached hydrogen (secondary N) is 1. The van der Waals surface area contributed by atoms with Gasteiger partial charge in [0.1, 0.15) is 0 Å². The largest absolute Gasteiger partial charge is 0.372 e. The predicted molar refractivity (Wildman–Crippen MR) is 132 cm³/mol. The number of rotatable bonds is 4. The van der Waals surface area contributed by atoms with E-state index in [2.05, 4.69) is 70.6 Å². The van der Waals surface area contributed by atoms with E-state index >= 15 is 0 Å². The number of aromatic amines is 1. The molecule has 4 aromatic rings. The highest BCUT2D eigenvalue weighted by Crippen LogP contribution is 2.35. The lowest BCUT2D eigenvalue weighted by Gasteiger charge is -2.32. The third kappa shape index (κ3) is 3.50. The van der Waals surface area contributed by atoms with Gasteiger partial charge in [0.2, 0.25) is 0 Å². The van der Waals surface area contributed by atoms with Crippen molar-refractivity contribution < 1.29 is 4.74 Å². The quantitative estimate of drug-likeness (QED) is 0.457. The first-order chi connectivity index (χ1) is 16.3. The number of H-pyrrole nitrogens is 1. The Morgan fingerprint density at radius 1 is 0.909 bits per heavy atom. The molecular formula is C29H27N3O. The van der Waals surface area contributed by atoms with E-state index in [0.29, 0.717) is 12.2 Å². The Morgan fingerprint density at radius 2 is 1.73 bits per heavy atom. The van der Waals surface area contributed by atoms with E-state index in [-0.39, 0.29) is 0 Å². The van der Waals surface area contributed by atoms with Gasteiger partial charge in [0.25, 0.3) is 0 Å². The molecular weight excluding hydrogens is 406 g/mol. The predicted octanol–water partition coefficient (Wildman–Crippen LogP) is 5.58. The molecule has 164 valence electrons. The molecule has 4 heterocycles. The maximum atomic E-state index is 5.98. The second kappa shape index (κ2) is 7.68. The SMILES string of the molecule is C1=C(c2ccc3[nH]ccc3c2)c2cc(-c3ccc(CN4CC5CCC(C4)O5)cc3)cnc2C1. The lowest BCUT2D eigenvalue weighted by molar-refractivity contribution is -0.0410. The number of allylic oxidation sites excluding steroid dienone is 1. The van der Waals surface area contributed by atoms with E-state index in [1.54, 1.807) is 0 Å². The molecule has 1 aliphatic carbocycles. The van der Waals surface area contributed by atoms with Crippen molar-refractivity contribution in [2.75, 3.05) is 13.1 Å². The van der Waals surface area contributed by atoms with Crippen LogP contribution in [0.25, 0.3) is 27.6 Å². The molecule has 7 rings (SSSR count). The van der Waals surface area contributed by atoms with Crippen LogP contribution in [0.2, 0.25) is 0 Å². The number of ether oxygens (including phenoxy) is 1. The molecule has 2 fully saturated rings. The lowest BCUT2D eigenvalue weighted by atomic mass is 9.97. The molecule has 0 amide bonds. The Labute approximate surface area is 193 Å². The van der Waals surface area contributed by atoms with E-state index in [4.69, 9.17) is 9.72 Å². The topological polar surface area (TPSA) is 41.2 Å². The summed E-state index contributed by atoms with van der Waals surface area (Å²) in [6.07, 6.45) is 10.6. The van der Waals surface area contributed by atoms with Gasteiger partial charge >= 0.3 is 0 Å². The maximum absolute atomic E-state index is 5.98. The van der Waals surface area contributed by atoms with E-state index < -0.39 is 0 Å². The first-order valence-corrected chi connectivity index (χ1v) is 12.0. The Balaban J connectivity index is 1.13. The highest BCUT2D eigenvalue weighted by molar-refractivity contribution is 5.90. The van der Waals surface area contributed by atoms with Gasteiger partial charge in [0.05, 0.1) is 17.9 Å². The van der Waals surface area contributed by atoms with Crippen molar-refractivity contribution in [1.29, 1.82) is 0 Å². The van der Waals surface area contributed by atoms with E-state index in [1.165, 1.54) is 62.8 Å². The van der Waals surface area contributed by atoms with Crippen LogP contribution < -0.4 is 0 Å². The third-order valence-electron chi connectivity index (χ3n) is 7.44. The van der Waals surface area contributed by atoms with Crippen molar-refractivity contribution in [1.82, 2.24) is 14.9 Å². The molecule has 3 aliphatic rings. The summed E-state index contributed by atoms with van der Waals surface area (Å²) in [7, 11) is 0. The third-order valence-corrected chi connectivity index (χ3v) is 7.44. The van der Waals surface area contributed by atoms with E-state index in [0.717, 1.165) is 26.1 Å². The highest BCUT2D eigenvalue weighted by Gasteiger charge is 2.33. The van der Waals surface area contributed by atoms with Crippen LogP contribution in [0, 0.1) is 0 Å². The summed E-state index contributed by atoms with van der Waals surface area (Å²) in [6.45, 7) is 3.14. The van der Waals surface area contributed by atoms with Gasteiger partial charge in [-0.2, -0.15) is 0 Å². The normalized spacial score (nSPS) is 22.0. The second-order valence-corrected chi connectivity index (χ2v) is 9.67. The fraction of sp³-hybridized carbons (Fsp3) is 0.276. The Bertz CT molecular complexity index is 1360. The van der Waals surface area contributed by atoms with Gasteiger partial charge in [-0.1, -0.05) is 36.4 Å². The minimum absolute atomic E-state index is 0.445. The monoisotopic (exact) mass is 433 g/mol. The number of fused-ring (bicyclic) bond motifs is 4. The zero-order valence-corrected chi connectivity index (χ0v) is 18.6. The van der Waals surface area contributed by atoms with Gasteiger partial charge in [-0.25, -0.2) is 0 Å². The maximum Gasteiger partial charge on any atom is 0.0707 e. The molecule has 2 aromatic heterocycles. The highest BCUT2D eigenvalue weighted by atomic mass is 16.5. The molecule has 0 spiro atoms. The van der Waals surface area contributed by atoms with Crippen LogP contribution >= 0.6 is 0 Å². The van der Waals surface area contributed by atoms with Gasteiger partial charge in [0.15, 0.2) is 0 Å². The zero-order chi connectivity index (χ0) is 21.8. The summed E-state index contributed by atoms with van der Waals surface area (Å²) in [6, 6.07) is 20.1. The number of hydrogen-bond donors (Lipinski definition) is 1. The minimum atomic E-state index is 0.445. The van der Waals surface area contributed by atoms with Crippen LogP contribution in [0.5, 0.6) is 0 Å². The lowest BCUT2D eigenvalue weighted by Crippen LogP contribution is -2.41. The van der Waals surface area contributed by atoms with Crippen molar-refractivity contribution in [2.45, 2.75) is 38.0 Å². The molecule has 2 atom stereocenters. The molecule has 4 heteroatoms. The van der Waals surface area contributed by atoms with Crippen LogP contribution in [-0.4, -0.2) is 40.2 Å². The first-order valence-electron chi connectivity index (χ1n) is 12.0. The molecule has 0 radical (unpaired) electrons. The van der Waals surface area contributed by atoms with Gasteiger partial charge < -0.3 is 9.72 Å². The van der Waals surface area contributed by atoms with Crippen molar-refractivity contribution in [2.24, 2.45) is 0 Å². The zero-order valence-electron chi connectivity index (χ0n) is 18.6. The minimum Gasteiger partial charge on any atom is -0.372 e. The number of pyridine rings is 1. The molecule has 2 aliphatic heterocycles. The molecule has 1 N–H and O–H groups in total. The Morgan fingerprint density at radius 3 is 2.58 bits per heavy atom. The molecule has 4 nitrogen and oxygen atoms in total. The average Bonchev–Trinajstić information content (AvgIpc) is 3.57. The second-order valence-electron chi connectivity index (χ2n) is 9.67. The van der Waals surface area contributed by atoms with Crippen LogP contribution in [0.4, 0.5) is 0 Å². The fourth-order valence-electron chi connectivity index (χ4n) is 5.74. The molecule has 33 heavy (non-hydrogen) atoms. The number of hydrogen-bond acceptors (Lipinski definition) is 3. The molecule has 2 bridgehead atoms. The summed E-state index contributed by atoms with van der Waals surface area (Å²) in [5, 5.41) is 1.25. The Kier molecular flexibility index (Phi) is 4.49. The van der Waals surface area contributed by atoms with Crippen molar-refractivity contribution >= 4 is 16.5 Å². The number of morpholine rings is 1. The van der Waals surface area contributed by atoms with Crippen molar-refractivity contribution in [3.8, 4) is 11.1 Å². The summed E-state index contributed by atoms with van der Waals surface area (Å²) >= 11 is 0. The van der Waals surface area contributed by atoms with Gasteiger partial charge in [-0.05, 0) is 64.8 Å². The first kappa shape index (κ1) is 19.3. The molecule has 2 saturated heterocycles. The van der Waals surface area contributed by atoms with Crippen LogP contribution in [0.15, 0.2) is 73.1 Å². The molecule has 2 aromatic carbocycles. The van der Waals surface area contributed by atoms with Crippen LogP contribution in [-0.2, 0) is 17.7 Å². The van der Waals surface area contributed by atoms with Crippen LogP contribution in [0.3, 0.4) is 0 Å². The van der Waals surface area contributed by atoms with Gasteiger partial charge in [0, 0.05) is 55.1 Å². The number of aromatic nitrogens is 2. The van der Waals surface area contributed by atoms with Crippen molar-refractivity contribution in [3.05, 3.63) is 95.5 Å². The fourth-order valence-corrected chi connectivity index (χ4v) is 5.74. The average molecular weight is 434 g/mol. The molecule has 0 saturated carbocycles. The number of nitrogens with zero attached hydrogens (tertiary/aromatic N) is 2. The smallest absolute Gasteiger partial charge is 0.0707 e. The standard InChI is InChI=1S/C29H27N3O/c1-3-20(4-2-19(1)16-32-17-24-6-7-25(18-32)33-24)23-14-27-26(8-10-29(27)31-15-23)21-5-9-28-22(13-21)11-12-30-28/h1-5,8-9,11-15,24-25,30H,6-7,10,16-18H2. The van der Waals surface area contributed by atoms with E-state index in [9.17, 15) is 0 Å². The summed E-state index contributed by atoms with van der Waals surface area (Å²) in [4.78, 5) is 10.7. The summed E-state index contributed by atoms with van der Waals surface area (Å²) in [5.74, 6) is 0. The molecule has 2 unspecified atom stereocenters. The summed E-state index contributed by atoms with van der Waals surface area (Å²) < 4.78 is 5.98. The summed E-state index contributed by atoms with van der Waals surface area (Å²) in [5.41, 5.74) is 9.93. The Hall–Kier alpha value is -3.21. The number of likely N-dealkylation sites (tertiary alicyclic amines) is 1. The van der Waals surface area contributed by atoms with Gasteiger partial charge in [-0.15, -0.1) is 0 Å². The number of benzene rings is 2.